The predicted octanol–water partition coefficient (Wildman–Crippen LogP) is 5.21. The van der Waals surface area contributed by atoms with E-state index in [0.29, 0.717) is 6.04 Å². The smallest absolute Gasteiger partial charge is 0.0637 e. The maximum absolute atomic E-state index is 6.24. The lowest BCUT2D eigenvalue weighted by Gasteiger charge is -2.38. The van der Waals surface area contributed by atoms with E-state index in [-0.39, 0.29) is 0 Å². The van der Waals surface area contributed by atoms with E-state index in [9.17, 15) is 0 Å². The van der Waals surface area contributed by atoms with Gasteiger partial charge in [0.15, 0.2) is 0 Å². The first-order chi connectivity index (χ1) is 8.58. The average Bonchev–Trinajstić information content (AvgIpc) is 2.32. The summed E-state index contributed by atoms with van der Waals surface area (Å²) in [6.45, 7) is 7.03. The average molecular weight is 266 g/mol. The lowest BCUT2D eigenvalue weighted by molar-refractivity contribution is 0.212. The van der Waals surface area contributed by atoms with Crippen molar-refractivity contribution < 1.29 is 0 Å². The van der Waals surface area contributed by atoms with Crippen LogP contribution in [0.2, 0.25) is 5.02 Å². The van der Waals surface area contributed by atoms with Gasteiger partial charge in [-0.1, -0.05) is 50.9 Å². The Kier molecular flexibility index (Phi) is 4.55. The molecule has 1 saturated carbocycles. The van der Waals surface area contributed by atoms with Gasteiger partial charge in [0.2, 0.25) is 0 Å². The summed E-state index contributed by atoms with van der Waals surface area (Å²) in [4.78, 5) is 0. The van der Waals surface area contributed by atoms with Gasteiger partial charge in [0.1, 0.15) is 0 Å². The zero-order valence-corrected chi connectivity index (χ0v) is 12.4. The highest BCUT2D eigenvalue weighted by Crippen LogP contribution is 2.36. The lowest BCUT2D eigenvalue weighted by Crippen LogP contribution is -2.37. The molecule has 0 radical (unpaired) electrons. The molecule has 0 aromatic heterocycles. The van der Waals surface area contributed by atoms with Crippen LogP contribution in [0.15, 0.2) is 24.3 Å². The Bertz CT molecular complexity index is 388. The third-order valence-electron chi connectivity index (χ3n) is 4.24. The molecule has 0 aliphatic heterocycles. The minimum atomic E-state index is 0.564. The van der Waals surface area contributed by atoms with Crippen LogP contribution in [0, 0.1) is 17.8 Å². The molecule has 1 aromatic carbocycles. The maximum Gasteiger partial charge on any atom is 0.0637 e. The summed E-state index contributed by atoms with van der Waals surface area (Å²) >= 11 is 6.24. The summed E-state index contributed by atoms with van der Waals surface area (Å²) < 4.78 is 0. The largest absolute Gasteiger partial charge is 0.381 e. The summed E-state index contributed by atoms with van der Waals surface area (Å²) in [5.41, 5.74) is 1.09. The summed E-state index contributed by atoms with van der Waals surface area (Å²) in [7, 11) is 0. The fourth-order valence-corrected chi connectivity index (χ4v) is 3.34. The molecular formula is C16H24ClN. The number of rotatable bonds is 3. The molecule has 0 amide bonds. The van der Waals surface area contributed by atoms with Crippen molar-refractivity contribution in [1.82, 2.24) is 0 Å². The van der Waals surface area contributed by atoms with Gasteiger partial charge in [0, 0.05) is 6.04 Å². The van der Waals surface area contributed by atoms with Crippen LogP contribution in [0.5, 0.6) is 0 Å². The number of anilines is 1. The molecule has 1 fully saturated rings. The summed E-state index contributed by atoms with van der Waals surface area (Å²) in [5, 5.41) is 4.51. The van der Waals surface area contributed by atoms with Crippen molar-refractivity contribution in [1.29, 1.82) is 0 Å². The Morgan fingerprint density at radius 1 is 1.22 bits per heavy atom. The molecule has 100 valence electrons. The Morgan fingerprint density at radius 2 is 1.94 bits per heavy atom. The van der Waals surface area contributed by atoms with Gasteiger partial charge < -0.3 is 5.32 Å². The van der Waals surface area contributed by atoms with Crippen molar-refractivity contribution in [2.75, 3.05) is 5.32 Å². The zero-order chi connectivity index (χ0) is 13.1. The van der Waals surface area contributed by atoms with E-state index in [0.717, 1.165) is 28.5 Å². The van der Waals surface area contributed by atoms with Crippen LogP contribution in [-0.4, -0.2) is 6.04 Å². The Labute approximate surface area is 116 Å². The molecular weight excluding hydrogens is 242 g/mol. The first-order valence-electron chi connectivity index (χ1n) is 7.09. The number of benzene rings is 1. The van der Waals surface area contributed by atoms with Crippen LogP contribution < -0.4 is 5.32 Å². The normalized spacial score (nSPS) is 28.4. The molecule has 1 N–H and O–H groups in total. The molecule has 1 nitrogen and oxygen atoms in total. The lowest BCUT2D eigenvalue weighted by atomic mass is 9.74. The highest BCUT2D eigenvalue weighted by atomic mass is 35.5. The van der Waals surface area contributed by atoms with Crippen LogP contribution in [0.4, 0.5) is 5.69 Å². The SMILES string of the molecule is CC1CCC(C(C)C)C(Nc2ccccc2Cl)C1. The maximum atomic E-state index is 6.24. The second kappa shape index (κ2) is 5.97. The monoisotopic (exact) mass is 265 g/mol. The first-order valence-corrected chi connectivity index (χ1v) is 7.46. The van der Waals surface area contributed by atoms with E-state index < -0.39 is 0 Å². The molecule has 1 aliphatic rings. The van der Waals surface area contributed by atoms with E-state index in [4.69, 9.17) is 11.6 Å². The molecule has 3 atom stereocenters. The van der Waals surface area contributed by atoms with Crippen LogP contribution >= 0.6 is 11.6 Å². The predicted molar refractivity (Wildman–Crippen MR) is 80.2 cm³/mol. The summed E-state index contributed by atoms with van der Waals surface area (Å²) in [6.07, 6.45) is 3.96. The van der Waals surface area contributed by atoms with E-state index >= 15 is 0 Å². The number of hydrogen-bond donors (Lipinski definition) is 1. The molecule has 2 rings (SSSR count). The van der Waals surface area contributed by atoms with E-state index in [2.05, 4.69) is 32.2 Å². The van der Waals surface area contributed by atoms with Crippen molar-refractivity contribution in [2.24, 2.45) is 17.8 Å². The molecule has 0 heterocycles. The highest BCUT2D eigenvalue weighted by Gasteiger charge is 2.30. The van der Waals surface area contributed by atoms with Crippen LogP contribution in [0.25, 0.3) is 0 Å². The van der Waals surface area contributed by atoms with Gasteiger partial charge in [-0.3, -0.25) is 0 Å². The fourth-order valence-electron chi connectivity index (χ4n) is 3.15. The minimum absolute atomic E-state index is 0.564. The van der Waals surface area contributed by atoms with Gasteiger partial charge >= 0.3 is 0 Å². The van der Waals surface area contributed by atoms with Crippen molar-refractivity contribution in [3.8, 4) is 0 Å². The molecule has 0 saturated heterocycles. The molecule has 2 heteroatoms. The third kappa shape index (κ3) is 3.20. The number of halogens is 1. The van der Waals surface area contributed by atoms with Gasteiger partial charge in [-0.05, 0) is 42.7 Å². The second-order valence-electron chi connectivity index (χ2n) is 6.06. The molecule has 0 bridgehead atoms. The van der Waals surface area contributed by atoms with Crippen molar-refractivity contribution in [3.05, 3.63) is 29.3 Å². The molecule has 1 aliphatic carbocycles. The topological polar surface area (TPSA) is 12.0 Å². The van der Waals surface area contributed by atoms with Gasteiger partial charge in [-0.2, -0.15) is 0 Å². The molecule has 3 unspecified atom stereocenters. The fraction of sp³-hybridized carbons (Fsp3) is 0.625. The van der Waals surface area contributed by atoms with E-state index in [1.165, 1.54) is 19.3 Å². The van der Waals surface area contributed by atoms with Crippen molar-refractivity contribution >= 4 is 17.3 Å². The summed E-state index contributed by atoms with van der Waals surface area (Å²) in [6, 6.07) is 8.63. The Morgan fingerprint density at radius 3 is 2.61 bits per heavy atom. The zero-order valence-electron chi connectivity index (χ0n) is 11.6. The number of hydrogen-bond acceptors (Lipinski definition) is 1. The second-order valence-corrected chi connectivity index (χ2v) is 6.46. The van der Waals surface area contributed by atoms with Gasteiger partial charge in [-0.15, -0.1) is 0 Å². The molecule has 1 aromatic rings. The van der Waals surface area contributed by atoms with Crippen LogP contribution in [-0.2, 0) is 0 Å². The summed E-state index contributed by atoms with van der Waals surface area (Å²) in [5.74, 6) is 2.31. The number of para-hydroxylation sites is 1. The number of nitrogens with one attached hydrogen (secondary N) is 1. The Balaban J connectivity index is 2.11. The highest BCUT2D eigenvalue weighted by molar-refractivity contribution is 6.33. The third-order valence-corrected chi connectivity index (χ3v) is 4.57. The van der Waals surface area contributed by atoms with Gasteiger partial charge in [-0.25, -0.2) is 0 Å². The first kappa shape index (κ1) is 13.7. The minimum Gasteiger partial charge on any atom is -0.381 e. The van der Waals surface area contributed by atoms with Crippen LogP contribution in [0.1, 0.15) is 40.0 Å². The quantitative estimate of drug-likeness (QED) is 0.791. The van der Waals surface area contributed by atoms with Crippen LogP contribution in [0.3, 0.4) is 0 Å². The van der Waals surface area contributed by atoms with E-state index in [1.807, 2.05) is 18.2 Å². The van der Waals surface area contributed by atoms with Crippen molar-refractivity contribution in [3.63, 3.8) is 0 Å². The van der Waals surface area contributed by atoms with Crippen molar-refractivity contribution in [2.45, 2.75) is 46.1 Å². The van der Waals surface area contributed by atoms with Gasteiger partial charge in [0.25, 0.3) is 0 Å². The van der Waals surface area contributed by atoms with E-state index in [1.54, 1.807) is 0 Å². The molecule has 18 heavy (non-hydrogen) atoms. The Hall–Kier alpha value is -0.690. The standard InChI is InChI=1S/C16H24ClN/c1-11(2)13-9-8-12(3)10-16(13)18-15-7-5-4-6-14(15)17/h4-7,11-13,16,18H,8-10H2,1-3H3. The molecule has 0 spiro atoms. The van der Waals surface area contributed by atoms with Gasteiger partial charge in [0.05, 0.1) is 10.7 Å².